The molecular formula is C36H74O. The number of hydrogen-bond donors (Lipinski definition) is 0. The van der Waals surface area contributed by atoms with Gasteiger partial charge in [-0.2, -0.15) is 0 Å². The Balaban J connectivity index is 4.94. The standard InChI is InChI=1S/C36H74O/c1-27(2)19-15-21-29(5)23-17-25-31(7)33(35(9,10)11)37-34(36(12,13)14)32(8)26-18-24-30(6)22-16-20-28(3)4/h27-34H,15-26H2,1-14H3. The molecule has 0 aromatic heterocycles. The van der Waals surface area contributed by atoms with E-state index in [2.05, 4.69) is 96.9 Å². The fourth-order valence-corrected chi connectivity index (χ4v) is 6.46. The average molecular weight is 523 g/mol. The third-order valence-corrected chi connectivity index (χ3v) is 8.70. The molecule has 0 N–H and O–H groups in total. The summed E-state index contributed by atoms with van der Waals surface area (Å²) in [4.78, 5) is 0. The van der Waals surface area contributed by atoms with Gasteiger partial charge in [0.2, 0.25) is 0 Å². The van der Waals surface area contributed by atoms with Gasteiger partial charge in [0.05, 0.1) is 12.2 Å². The van der Waals surface area contributed by atoms with Gasteiger partial charge in [0, 0.05) is 0 Å². The van der Waals surface area contributed by atoms with Crippen molar-refractivity contribution in [2.75, 3.05) is 0 Å². The van der Waals surface area contributed by atoms with E-state index in [1.54, 1.807) is 0 Å². The lowest BCUT2D eigenvalue weighted by Gasteiger charge is -2.44. The van der Waals surface area contributed by atoms with Crippen LogP contribution in [0.4, 0.5) is 0 Å². The Hall–Kier alpha value is -0.0400. The SMILES string of the molecule is CC(C)CCCC(C)CCCC(C)C(OC(C(C)CCCC(C)CCCC(C)C)C(C)(C)C)C(C)(C)C. The van der Waals surface area contributed by atoms with E-state index in [0.717, 1.165) is 23.7 Å². The van der Waals surface area contributed by atoms with Crippen molar-refractivity contribution in [1.82, 2.24) is 0 Å². The van der Waals surface area contributed by atoms with Crippen LogP contribution in [0.1, 0.15) is 174 Å². The van der Waals surface area contributed by atoms with Crippen LogP contribution in [0.3, 0.4) is 0 Å². The summed E-state index contributed by atoms with van der Waals surface area (Å²) < 4.78 is 7.20. The molecule has 0 aromatic rings. The molecule has 0 radical (unpaired) electrons. The fraction of sp³-hybridized carbons (Fsp3) is 1.00. The van der Waals surface area contributed by atoms with E-state index in [1.807, 2.05) is 0 Å². The topological polar surface area (TPSA) is 9.23 Å². The Morgan fingerprint density at radius 1 is 0.405 bits per heavy atom. The van der Waals surface area contributed by atoms with E-state index in [0.29, 0.717) is 24.0 Å². The van der Waals surface area contributed by atoms with Crippen LogP contribution < -0.4 is 0 Å². The van der Waals surface area contributed by atoms with Gasteiger partial charge in [0.1, 0.15) is 0 Å². The predicted octanol–water partition coefficient (Wildman–Crippen LogP) is 12.4. The summed E-state index contributed by atoms with van der Waals surface area (Å²) in [5.41, 5.74) is 0.326. The van der Waals surface area contributed by atoms with Gasteiger partial charge in [0.25, 0.3) is 0 Å². The van der Waals surface area contributed by atoms with E-state index in [1.165, 1.54) is 77.0 Å². The molecular weight excluding hydrogens is 448 g/mol. The smallest absolute Gasteiger partial charge is 0.0653 e. The van der Waals surface area contributed by atoms with Crippen LogP contribution in [0.5, 0.6) is 0 Å². The second kappa shape index (κ2) is 18.3. The summed E-state index contributed by atoms with van der Waals surface area (Å²) in [7, 11) is 0. The Kier molecular flexibility index (Phi) is 18.3. The largest absolute Gasteiger partial charge is 0.373 e. The molecule has 0 aliphatic carbocycles. The Labute approximate surface area is 237 Å². The Morgan fingerprint density at radius 3 is 0.919 bits per heavy atom. The molecule has 0 heterocycles. The van der Waals surface area contributed by atoms with Crippen molar-refractivity contribution in [2.24, 2.45) is 46.3 Å². The van der Waals surface area contributed by atoms with Crippen molar-refractivity contribution in [3.63, 3.8) is 0 Å². The van der Waals surface area contributed by atoms with Gasteiger partial charge in [-0.15, -0.1) is 0 Å². The lowest BCUT2D eigenvalue weighted by atomic mass is 9.76. The highest BCUT2D eigenvalue weighted by molar-refractivity contribution is 4.86. The van der Waals surface area contributed by atoms with Crippen molar-refractivity contribution in [3.05, 3.63) is 0 Å². The molecule has 1 heteroatoms. The van der Waals surface area contributed by atoms with Crippen molar-refractivity contribution < 1.29 is 4.74 Å². The molecule has 37 heavy (non-hydrogen) atoms. The molecule has 0 bridgehead atoms. The number of rotatable bonds is 20. The molecule has 0 rings (SSSR count). The minimum Gasteiger partial charge on any atom is -0.373 e. The van der Waals surface area contributed by atoms with Crippen LogP contribution in [0.25, 0.3) is 0 Å². The molecule has 0 saturated carbocycles. The summed E-state index contributed by atoms with van der Waals surface area (Å²) >= 11 is 0. The second-order valence-corrected chi connectivity index (χ2v) is 16.4. The zero-order valence-electron chi connectivity index (χ0n) is 28.5. The van der Waals surface area contributed by atoms with Gasteiger partial charge in [0.15, 0.2) is 0 Å². The van der Waals surface area contributed by atoms with Crippen molar-refractivity contribution >= 4 is 0 Å². The molecule has 0 aliphatic rings. The summed E-state index contributed by atoms with van der Waals surface area (Å²) in [6, 6.07) is 0. The van der Waals surface area contributed by atoms with E-state index in [-0.39, 0.29) is 10.8 Å². The number of hydrogen-bond acceptors (Lipinski definition) is 1. The normalized spacial score (nSPS) is 18.2. The van der Waals surface area contributed by atoms with Gasteiger partial charge >= 0.3 is 0 Å². The van der Waals surface area contributed by atoms with E-state index in [9.17, 15) is 0 Å². The molecule has 0 spiro atoms. The highest BCUT2D eigenvalue weighted by atomic mass is 16.5. The molecule has 0 amide bonds. The Morgan fingerprint density at radius 2 is 0.676 bits per heavy atom. The Bertz CT molecular complexity index is 486. The molecule has 0 saturated heterocycles. The summed E-state index contributed by atoms with van der Waals surface area (Å²) in [5.74, 6) is 4.59. The molecule has 1 nitrogen and oxygen atoms in total. The lowest BCUT2D eigenvalue weighted by Crippen LogP contribution is -2.45. The predicted molar refractivity (Wildman–Crippen MR) is 169 cm³/mol. The monoisotopic (exact) mass is 523 g/mol. The average Bonchev–Trinajstić information content (AvgIpc) is 2.71. The van der Waals surface area contributed by atoms with Crippen LogP contribution in [-0.2, 0) is 4.74 Å². The maximum absolute atomic E-state index is 7.20. The maximum Gasteiger partial charge on any atom is 0.0653 e. The van der Waals surface area contributed by atoms with Crippen LogP contribution in [0.15, 0.2) is 0 Å². The third-order valence-electron chi connectivity index (χ3n) is 8.70. The van der Waals surface area contributed by atoms with E-state index in [4.69, 9.17) is 4.74 Å². The first-order valence-corrected chi connectivity index (χ1v) is 16.6. The summed E-state index contributed by atoms with van der Waals surface area (Å²) in [5, 5.41) is 0. The third kappa shape index (κ3) is 18.0. The van der Waals surface area contributed by atoms with Gasteiger partial charge in [-0.1, -0.05) is 161 Å². The molecule has 0 fully saturated rings. The van der Waals surface area contributed by atoms with Gasteiger partial charge < -0.3 is 4.74 Å². The van der Waals surface area contributed by atoms with Crippen molar-refractivity contribution in [1.29, 1.82) is 0 Å². The zero-order chi connectivity index (χ0) is 28.8. The minimum atomic E-state index is 0.163. The molecule has 6 unspecified atom stereocenters. The van der Waals surface area contributed by atoms with Gasteiger partial charge in [-0.05, 0) is 59.2 Å². The highest BCUT2D eigenvalue weighted by Crippen LogP contribution is 2.39. The molecule has 6 atom stereocenters. The van der Waals surface area contributed by atoms with Crippen LogP contribution in [-0.4, -0.2) is 12.2 Å². The summed E-state index contributed by atoms with van der Waals surface area (Å²) in [6.45, 7) is 33.6. The zero-order valence-corrected chi connectivity index (χ0v) is 28.5. The van der Waals surface area contributed by atoms with Crippen molar-refractivity contribution in [3.8, 4) is 0 Å². The van der Waals surface area contributed by atoms with Gasteiger partial charge in [-0.3, -0.25) is 0 Å². The van der Waals surface area contributed by atoms with Gasteiger partial charge in [-0.25, -0.2) is 0 Å². The maximum atomic E-state index is 7.20. The second-order valence-electron chi connectivity index (χ2n) is 16.4. The first kappa shape index (κ1) is 37.0. The van der Waals surface area contributed by atoms with Crippen molar-refractivity contribution in [2.45, 2.75) is 186 Å². The fourth-order valence-electron chi connectivity index (χ4n) is 6.46. The minimum absolute atomic E-state index is 0.163. The van der Waals surface area contributed by atoms with E-state index >= 15 is 0 Å². The molecule has 224 valence electrons. The molecule has 0 aromatic carbocycles. The summed E-state index contributed by atoms with van der Waals surface area (Å²) in [6.07, 6.45) is 16.9. The molecule has 0 aliphatic heterocycles. The van der Waals surface area contributed by atoms with E-state index < -0.39 is 0 Å². The highest BCUT2D eigenvalue weighted by Gasteiger charge is 2.38. The first-order valence-electron chi connectivity index (χ1n) is 16.6. The van der Waals surface area contributed by atoms with Crippen LogP contribution in [0.2, 0.25) is 0 Å². The first-order chi connectivity index (χ1) is 16.9. The lowest BCUT2D eigenvalue weighted by molar-refractivity contribution is -0.148. The quantitative estimate of drug-likeness (QED) is 0.154. The number of ether oxygens (including phenoxy) is 1. The van der Waals surface area contributed by atoms with Crippen LogP contribution >= 0.6 is 0 Å². The van der Waals surface area contributed by atoms with Crippen LogP contribution in [0, 0.1) is 46.3 Å².